The van der Waals surface area contributed by atoms with Gasteiger partial charge in [-0.25, -0.2) is 0 Å². The molecule has 1 aliphatic heterocycles. The number of aromatic hydroxyl groups is 2. The van der Waals surface area contributed by atoms with Gasteiger partial charge >= 0.3 is 0 Å². The summed E-state index contributed by atoms with van der Waals surface area (Å²) < 4.78 is 16.4. The topological polar surface area (TPSA) is 109 Å². The van der Waals surface area contributed by atoms with Gasteiger partial charge in [0, 0.05) is 38.3 Å². The first kappa shape index (κ1) is 27.0. The number of phenolic OH excluding ortho intramolecular Hbond substituents is 2. The lowest BCUT2D eigenvalue weighted by atomic mass is 9.98. The van der Waals surface area contributed by atoms with Crippen LogP contribution in [0.5, 0.6) is 23.0 Å². The summed E-state index contributed by atoms with van der Waals surface area (Å²) in [5, 5.41) is 24.7. The van der Waals surface area contributed by atoms with E-state index in [1.165, 1.54) is 12.1 Å². The summed E-state index contributed by atoms with van der Waals surface area (Å²) in [4.78, 5) is 17.1. The number of hydrogen-bond donors (Lipinski definition) is 2. The number of nitrogens with zero attached hydrogens (tertiary/aromatic N) is 3. The molecule has 0 aliphatic carbocycles. The largest absolute Gasteiger partial charge is 0.507 e. The molecule has 0 atom stereocenters. The second-order valence-corrected chi connectivity index (χ2v) is 9.55. The summed E-state index contributed by atoms with van der Waals surface area (Å²) in [6.45, 7) is 2.45. The van der Waals surface area contributed by atoms with Crippen molar-refractivity contribution >= 4 is 29.3 Å². The van der Waals surface area contributed by atoms with Gasteiger partial charge < -0.3 is 34.0 Å². The predicted octanol–water partition coefficient (Wildman–Crippen LogP) is 5.45. The number of amides is 1. The van der Waals surface area contributed by atoms with Crippen molar-refractivity contribution in [2.45, 2.75) is 0 Å². The van der Waals surface area contributed by atoms with Crippen LogP contribution in [0.1, 0.15) is 5.69 Å². The van der Waals surface area contributed by atoms with Gasteiger partial charge in [0.05, 0.1) is 36.1 Å². The molecular weight excluding hydrogens is 534 g/mol. The van der Waals surface area contributed by atoms with Crippen LogP contribution >= 0.6 is 11.6 Å². The van der Waals surface area contributed by atoms with E-state index in [2.05, 4.69) is 10.1 Å². The fourth-order valence-electron chi connectivity index (χ4n) is 4.68. The third-order valence-electron chi connectivity index (χ3n) is 6.81. The molecule has 0 saturated carbocycles. The average Bonchev–Trinajstić information content (AvgIpc) is 3.41. The first-order valence-corrected chi connectivity index (χ1v) is 13.0. The third-order valence-corrected chi connectivity index (χ3v) is 7.11. The first-order valence-electron chi connectivity index (χ1n) is 12.6. The Bertz CT molecular complexity index is 1540. The normalized spacial score (nSPS) is 13.6. The van der Waals surface area contributed by atoms with E-state index >= 15 is 0 Å². The van der Waals surface area contributed by atoms with E-state index in [0.717, 1.165) is 23.1 Å². The maximum Gasteiger partial charge on any atom is 0.246 e. The number of benzene rings is 3. The zero-order chi connectivity index (χ0) is 28.2. The number of ether oxygens (including phenoxy) is 2. The number of phenols is 2. The van der Waals surface area contributed by atoms with E-state index in [1.54, 1.807) is 37.3 Å². The van der Waals surface area contributed by atoms with Gasteiger partial charge in [-0.1, -0.05) is 41.0 Å². The van der Waals surface area contributed by atoms with Gasteiger partial charge in [-0.15, -0.1) is 0 Å². The Kier molecular flexibility index (Phi) is 7.84. The van der Waals surface area contributed by atoms with Crippen LogP contribution in [0.4, 0.5) is 5.69 Å². The fraction of sp³-hybridized carbons (Fsp3) is 0.200. The SMILES string of the molecule is COc1ccc(-c2c(/C=C/C(=O)N3CCN(c4ccccc4OC)CC3)noc2-c2cc(Cl)c(O)cc2O)cc1. The van der Waals surface area contributed by atoms with Crippen molar-refractivity contribution in [3.8, 4) is 45.4 Å². The Morgan fingerprint density at radius 3 is 2.40 bits per heavy atom. The van der Waals surface area contributed by atoms with Gasteiger partial charge in [0.15, 0.2) is 5.76 Å². The van der Waals surface area contributed by atoms with E-state index in [1.807, 2.05) is 36.4 Å². The van der Waals surface area contributed by atoms with Gasteiger partial charge in [-0.05, 0) is 42.0 Å². The number of rotatable bonds is 7. The summed E-state index contributed by atoms with van der Waals surface area (Å²) >= 11 is 6.12. The molecule has 1 saturated heterocycles. The molecule has 0 spiro atoms. The van der Waals surface area contributed by atoms with Crippen LogP contribution < -0.4 is 14.4 Å². The maximum absolute atomic E-state index is 13.1. The van der Waals surface area contributed by atoms with Gasteiger partial charge in [-0.3, -0.25) is 4.79 Å². The van der Waals surface area contributed by atoms with E-state index in [0.29, 0.717) is 43.2 Å². The quantitative estimate of drug-likeness (QED) is 0.287. The molecule has 2 N–H and O–H groups in total. The molecule has 1 fully saturated rings. The summed E-state index contributed by atoms with van der Waals surface area (Å²) in [5.41, 5.74) is 2.91. The highest BCUT2D eigenvalue weighted by Crippen LogP contribution is 2.43. The van der Waals surface area contributed by atoms with Crippen LogP contribution in [0.3, 0.4) is 0 Å². The first-order chi connectivity index (χ1) is 19.4. The number of carbonyl (C=O) groups excluding carboxylic acids is 1. The predicted molar refractivity (Wildman–Crippen MR) is 153 cm³/mol. The van der Waals surface area contributed by atoms with Gasteiger partial charge in [0.1, 0.15) is 28.7 Å². The summed E-state index contributed by atoms with van der Waals surface area (Å²) in [5.74, 6) is 1.06. The van der Waals surface area contributed by atoms with E-state index in [9.17, 15) is 15.0 Å². The molecule has 4 aromatic rings. The average molecular weight is 562 g/mol. The fourth-order valence-corrected chi connectivity index (χ4v) is 4.85. The molecule has 3 aromatic carbocycles. The van der Waals surface area contributed by atoms with Crippen LogP contribution in [0.25, 0.3) is 28.5 Å². The maximum atomic E-state index is 13.1. The Hall–Kier alpha value is -4.63. The molecule has 1 aromatic heterocycles. The van der Waals surface area contributed by atoms with Crippen molar-refractivity contribution in [3.63, 3.8) is 0 Å². The van der Waals surface area contributed by atoms with Crippen LogP contribution in [-0.4, -0.2) is 66.6 Å². The lowest BCUT2D eigenvalue weighted by Gasteiger charge is -2.36. The number of aromatic nitrogens is 1. The number of carbonyl (C=O) groups is 1. The highest BCUT2D eigenvalue weighted by Gasteiger charge is 2.24. The minimum absolute atomic E-state index is 0.0458. The minimum Gasteiger partial charge on any atom is -0.507 e. The molecule has 5 rings (SSSR count). The van der Waals surface area contributed by atoms with Crippen LogP contribution in [0.2, 0.25) is 5.02 Å². The molecule has 206 valence electrons. The number of piperazine rings is 1. The Balaban J connectivity index is 1.40. The van der Waals surface area contributed by atoms with Crippen LogP contribution in [-0.2, 0) is 4.79 Å². The Labute approximate surface area is 236 Å². The second-order valence-electron chi connectivity index (χ2n) is 9.14. The number of para-hydroxylation sites is 2. The molecule has 1 amide bonds. The molecule has 40 heavy (non-hydrogen) atoms. The Morgan fingerprint density at radius 1 is 0.975 bits per heavy atom. The minimum atomic E-state index is -0.259. The van der Waals surface area contributed by atoms with Gasteiger partial charge in [-0.2, -0.15) is 0 Å². The van der Waals surface area contributed by atoms with Crippen LogP contribution in [0, 0.1) is 0 Å². The number of hydrogen-bond acceptors (Lipinski definition) is 8. The smallest absolute Gasteiger partial charge is 0.246 e. The van der Waals surface area contributed by atoms with E-state index in [4.69, 9.17) is 25.6 Å². The summed E-state index contributed by atoms with van der Waals surface area (Å²) in [6.07, 6.45) is 3.07. The highest BCUT2D eigenvalue weighted by atomic mass is 35.5. The molecular formula is C30H28ClN3O6. The summed E-state index contributed by atoms with van der Waals surface area (Å²) in [6, 6.07) is 17.6. The van der Waals surface area contributed by atoms with E-state index < -0.39 is 0 Å². The molecule has 0 bridgehead atoms. The monoisotopic (exact) mass is 561 g/mol. The standard InChI is InChI=1S/C30H28ClN3O6/c1-38-20-9-7-19(8-10-20)29-23(32-40-30(29)21-17-22(31)26(36)18-25(21)35)11-12-28(37)34-15-13-33(14-16-34)24-5-3-4-6-27(24)39-2/h3-12,17-18,35-36H,13-16H2,1-2H3/b12-11+. The lowest BCUT2D eigenvalue weighted by Crippen LogP contribution is -2.48. The second kappa shape index (κ2) is 11.6. The molecule has 2 heterocycles. The van der Waals surface area contributed by atoms with Gasteiger partial charge in [0.25, 0.3) is 0 Å². The van der Waals surface area contributed by atoms with Gasteiger partial charge in [0.2, 0.25) is 5.91 Å². The van der Waals surface area contributed by atoms with Crippen molar-refractivity contribution in [1.29, 1.82) is 0 Å². The zero-order valence-electron chi connectivity index (χ0n) is 22.0. The lowest BCUT2D eigenvalue weighted by molar-refractivity contribution is -0.126. The van der Waals surface area contributed by atoms with Crippen molar-refractivity contribution in [2.24, 2.45) is 0 Å². The zero-order valence-corrected chi connectivity index (χ0v) is 22.8. The van der Waals surface area contributed by atoms with Crippen LogP contribution in [0.15, 0.2) is 71.3 Å². The number of halogens is 1. The van der Waals surface area contributed by atoms with Crippen molar-refractivity contribution < 1.29 is 29.0 Å². The summed E-state index contributed by atoms with van der Waals surface area (Å²) in [7, 11) is 3.23. The van der Waals surface area contributed by atoms with Crippen molar-refractivity contribution in [3.05, 3.63) is 77.5 Å². The van der Waals surface area contributed by atoms with Crippen molar-refractivity contribution in [2.75, 3.05) is 45.3 Å². The molecule has 0 unspecified atom stereocenters. The molecule has 1 aliphatic rings. The molecule has 10 heteroatoms. The van der Waals surface area contributed by atoms with Crippen molar-refractivity contribution in [1.82, 2.24) is 10.1 Å². The molecule has 9 nitrogen and oxygen atoms in total. The Morgan fingerprint density at radius 2 is 1.70 bits per heavy atom. The third kappa shape index (κ3) is 5.41. The molecule has 0 radical (unpaired) electrons. The van der Waals surface area contributed by atoms with E-state index in [-0.39, 0.29) is 33.8 Å². The number of methoxy groups -OCH3 is 2. The number of anilines is 1. The highest BCUT2D eigenvalue weighted by molar-refractivity contribution is 6.32.